The molecule has 0 fully saturated rings. The molecule has 32 heavy (non-hydrogen) atoms. The molecular formula is C23H33N5O4. The summed E-state index contributed by atoms with van der Waals surface area (Å²) in [5.74, 6) is -3.41. The maximum atomic E-state index is 13.2. The van der Waals surface area contributed by atoms with Gasteiger partial charge in [0.2, 0.25) is 11.8 Å². The van der Waals surface area contributed by atoms with Crippen LogP contribution in [0.2, 0.25) is 0 Å². The van der Waals surface area contributed by atoms with Crippen LogP contribution in [0.4, 0.5) is 0 Å². The molecule has 9 heteroatoms. The van der Waals surface area contributed by atoms with Gasteiger partial charge in [0.1, 0.15) is 0 Å². The van der Waals surface area contributed by atoms with Crippen molar-refractivity contribution in [3.8, 4) is 6.07 Å². The Morgan fingerprint density at radius 3 is 2.34 bits per heavy atom. The molecule has 0 aliphatic heterocycles. The highest BCUT2D eigenvalue weighted by Gasteiger charge is 2.35. The smallest absolute Gasteiger partial charge is 0.257 e. The van der Waals surface area contributed by atoms with Crippen LogP contribution < -0.4 is 16.6 Å². The summed E-state index contributed by atoms with van der Waals surface area (Å²) < 4.78 is 0. The molecule has 0 radical (unpaired) electrons. The molecule has 3 amide bonds. The quantitative estimate of drug-likeness (QED) is 0.304. The lowest BCUT2D eigenvalue weighted by molar-refractivity contribution is -0.147. The minimum atomic E-state index is -0.872. The van der Waals surface area contributed by atoms with Crippen LogP contribution in [0.5, 0.6) is 0 Å². The van der Waals surface area contributed by atoms with Gasteiger partial charge >= 0.3 is 0 Å². The van der Waals surface area contributed by atoms with Gasteiger partial charge in [-0.2, -0.15) is 5.26 Å². The number of hydrazine groups is 1. The fourth-order valence-corrected chi connectivity index (χ4v) is 3.26. The predicted molar refractivity (Wildman–Crippen MR) is 120 cm³/mol. The van der Waals surface area contributed by atoms with Crippen molar-refractivity contribution in [2.24, 2.45) is 23.5 Å². The summed E-state index contributed by atoms with van der Waals surface area (Å²) in [6, 6.07) is 10.5. The standard InChI is InChI=1S/C23H33N5O4/c1-16(2)15-20(21(29)26-28(14-8-13-24)23(31)17(3)25)19(22(30)27-32)12-7-11-18-9-5-4-6-10-18/h4-7,9-11,16-17,19-20,32H,8,12,14-15,25H2,1-3H3,(H,26,29)(H,27,30)/t17-,19+,20-/m1/s1. The van der Waals surface area contributed by atoms with Crippen LogP contribution in [0.25, 0.3) is 6.08 Å². The fraction of sp³-hybridized carbons (Fsp3) is 0.478. The lowest BCUT2D eigenvalue weighted by Crippen LogP contribution is -2.54. The van der Waals surface area contributed by atoms with E-state index in [2.05, 4.69) is 5.43 Å². The second-order valence-corrected chi connectivity index (χ2v) is 8.03. The van der Waals surface area contributed by atoms with E-state index in [1.807, 2.05) is 56.3 Å². The topological polar surface area (TPSA) is 149 Å². The molecule has 1 rings (SSSR count). The molecule has 0 bridgehead atoms. The normalized spacial score (nSPS) is 13.8. The SMILES string of the molecule is CC(C)C[C@@H](C(=O)NN(CCC#N)C(=O)[C@@H](C)N)[C@H](CC=Cc1ccccc1)C(=O)NO. The van der Waals surface area contributed by atoms with Gasteiger partial charge in [0.15, 0.2) is 0 Å². The van der Waals surface area contributed by atoms with Crippen LogP contribution in [0.15, 0.2) is 36.4 Å². The van der Waals surface area contributed by atoms with Crippen molar-refractivity contribution in [3.05, 3.63) is 42.0 Å². The Balaban J connectivity index is 3.12. The number of nitrogens with one attached hydrogen (secondary N) is 2. The molecule has 174 valence electrons. The monoisotopic (exact) mass is 443 g/mol. The zero-order chi connectivity index (χ0) is 24.1. The number of carbonyl (C=O) groups excluding carboxylic acids is 3. The maximum Gasteiger partial charge on any atom is 0.257 e. The summed E-state index contributed by atoms with van der Waals surface area (Å²) in [6.45, 7) is 5.28. The van der Waals surface area contributed by atoms with E-state index in [1.165, 1.54) is 6.92 Å². The molecule has 0 unspecified atom stereocenters. The molecule has 1 aromatic rings. The van der Waals surface area contributed by atoms with Crippen LogP contribution in [0.1, 0.15) is 45.6 Å². The second kappa shape index (κ2) is 14.0. The van der Waals surface area contributed by atoms with Crippen LogP contribution in [-0.4, -0.2) is 40.5 Å². The Hall–Kier alpha value is -3.22. The largest absolute Gasteiger partial charge is 0.320 e. The molecule has 0 heterocycles. The first-order valence-electron chi connectivity index (χ1n) is 10.6. The Kier molecular flexibility index (Phi) is 11.7. The van der Waals surface area contributed by atoms with E-state index in [4.69, 9.17) is 11.0 Å². The average molecular weight is 444 g/mol. The van der Waals surface area contributed by atoms with Gasteiger partial charge in [-0.15, -0.1) is 0 Å². The number of hydroxylamine groups is 1. The third-order valence-corrected chi connectivity index (χ3v) is 4.84. The highest BCUT2D eigenvalue weighted by Crippen LogP contribution is 2.25. The summed E-state index contributed by atoms with van der Waals surface area (Å²) in [6.07, 6.45) is 4.16. The molecule has 0 saturated heterocycles. The van der Waals surface area contributed by atoms with Crippen molar-refractivity contribution in [2.45, 2.75) is 46.1 Å². The Morgan fingerprint density at radius 2 is 1.81 bits per heavy atom. The van der Waals surface area contributed by atoms with Crippen LogP contribution >= 0.6 is 0 Å². The summed E-state index contributed by atoms with van der Waals surface area (Å²) in [4.78, 5) is 38.0. The van der Waals surface area contributed by atoms with Gasteiger partial charge in [0.25, 0.3) is 5.91 Å². The van der Waals surface area contributed by atoms with Gasteiger partial charge in [0, 0.05) is 0 Å². The Labute approximate surface area is 189 Å². The van der Waals surface area contributed by atoms with Gasteiger partial charge in [-0.3, -0.25) is 30.0 Å². The zero-order valence-electron chi connectivity index (χ0n) is 18.8. The van der Waals surface area contributed by atoms with Gasteiger partial charge in [0.05, 0.1) is 36.9 Å². The van der Waals surface area contributed by atoms with Crippen molar-refractivity contribution in [3.63, 3.8) is 0 Å². The van der Waals surface area contributed by atoms with E-state index in [0.29, 0.717) is 6.42 Å². The number of nitrogens with zero attached hydrogens (tertiary/aromatic N) is 2. The summed E-state index contributed by atoms with van der Waals surface area (Å²) in [5.41, 5.74) is 10.8. The number of nitrogens with two attached hydrogens (primary N) is 1. The van der Waals surface area contributed by atoms with Crippen LogP contribution in [0.3, 0.4) is 0 Å². The van der Waals surface area contributed by atoms with Crippen molar-refractivity contribution in [1.29, 1.82) is 5.26 Å². The number of hydrogen-bond donors (Lipinski definition) is 4. The number of amides is 3. The zero-order valence-corrected chi connectivity index (χ0v) is 18.8. The number of nitriles is 1. The van der Waals surface area contributed by atoms with E-state index in [1.54, 1.807) is 11.6 Å². The summed E-state index contributed by atoms with van der Waals surface area (Å²) in [7, 11) is 0. The molecule has 1 aromatic carbocycles. The number of carbonyl (C=O) groups is 3. The summed E-state index contributed by atoms with van der Waals surface area (Å²) >= 11 is 0. The third-order valence-electron chi connectivity index (χ3n) is 4.84. The van der Waals surface area contributed by atoms with E-state index >= 15 is 0 Å². The number of benzene rings is 1. The first-order valence-corrected chi connectivity index (χ1v) is 10.6. The van der Waals surface area contributed by atoms with E-state index in [0.717, 1.165) is 10.6 Å². The molecule has 5 N–H and O–H groups in total. The van der Waals surface area contributed by atoms with Gasteiger partial charge in [-0.25, -0.2) is 5.48 Å². The molecule has 0 spiro atoms. The van der Waals surface area contributed by atoms with Crippen molar-refractivity contribution in [2.75, 3.05) is 6.54 Å². The molecule has 9 nitrogen and oxygen atoms in total. The van der Waals surface area contributed by atoms with Crippen LogP contribution in [-0.2, 0) is 14.4 Å². The predicted octanol–water partition coefficient (Wildman–Crippen LogP) is 1.99. The first kappa shape index (κ1) is 26.8. The molecule has 0 aliphatic carbocycles. The minimum Gasteiger partial charge on any atom is -0.320 e. The molecule has 0 saturated carbocycles. The lowest BCUT2D eigenvalue weighted by atomic mass is 9.82. The van der Waals surface area contributed by atoms with Gasteiger partial charge in [-0.1, -0.05) is 56.3 Å². The highest BCUT2D eigenvalue weighted by molar-refractivity contribution is 5.89. The van der Waals surface area contributed by atoms with E-state index in [-0.39, 0.29) is 25.3 Å². The van der Waals surface area contributed by atoms with Gasteiger partial charge in [-0.05, 0) is 31.2 Å². The fourth-order valence-electron chi connectivity index (χ4n) is 3.26. The Morgan fingerprint density at radius 1 is 1.16 bits per heavy atom. The van der Waals surface area contributed by atoms with Gasteiger partial charge < -0.3 is 5.73 Å². The Bertz CT molecular complexity index is 817. The highest BCUT2D eigenvalue weighted by atomic mass is 16.5. The maximum absolute atomic E-state index is 13.2. The average Bonchev–Trinajstić information content (AvgIpc) is 2.77. The molecular weight excluding hydrogens is 410 g/mol. The van der Waals surface area contributed by atoms with Crippen LogP contribution in [0, 0.1) is 29.1 Å². The third kappa shape index (κ3) is 8.88. The number of allylic oxidation sites excluding steroid dienone is 1. The molecule has 0 aliphatic rings. The summed E-state index contributed by atoms with van der Waals surface area (Å²) in [5, 5.41) is 19.2. The first-order chi connectivity index (χ1) is 15.2. The lowest BCUT2D eigenvalue weighted by Gasteiger charge is -2.30. The minimum absolute atomic E-state index is 0.00789. The second-order valence-electron chi connectivity index (χ2n) is 8.03. The number of rotatable bonds is 11. The molecule has 3 atom stereocenters. The van der Waals surface area contributed by atoms with Crippen molar-refractivity contribution < 1.29 is 19.6 Å². The van der Waals surface area contributed by atoms with Crippen molar-refractivity contribution in [1.82, 2.24) is 15.9 Å². The van der Waals surface area contributed by atoms with Crippen molar-refractivity contribution >= 4 is 23.8 Å². The van der Waals surface area contributed by atoms with E-state index in [9.17, 15) is 19.6 Å². The molecule has 0 aromatic heterocycles. The van der Waals surface area contributed by atoms with E-state index < -0.39 is 35.6 Å². The number of hydrogen-bond acceptors (Lipinski definition) is 6.